The third kappa shape index (κ3) is 18.6. The van der Waals surface area contributed by atoms with E-state index in [0.717, 1.165) is 42.9 Å². The van der Waals surface area contributed by atoms with Crippen molar-refractivity contribution in [1.29, 1.82) is 0 Å². The van der Waals surface area contributed by atoms with E-state index in [1.807, 2.05) is 100 Å². The summed E-state index contributed by atoms with van der Waals surface area (Å²) in [6, 6.07) is 18.8. The van der Waals surface area contributed by atoms with Crippen LogP contribution in [0.1, 0.15) is 44.4 Å². The van der Waals surface area contributed by atoms with Crippen molar-refractivity contribution in [3.05, 3.63) is 89.5 Å². The van der Waals surface area contributed by atoms with Crippen LogP contribution < -0.4 is 46.2 Å². The summed E-state index contributed by atoms with van der Waals surface area (Å²) >= 11 is 0. The number of ether oxygens (including phenoxy) is 5. The zero-order valence-corrected chi connectivity index (χ0v) is 41.2. The van der Waals surface area contributed by atoms with E-state index in [4.69, 9.17) is 23.7 Å². The summed E-state index contributed by atoms with van der Waals surface area (Å²) < 4.78 is 27.7. The van der Waals surface area contributed by atoms with Crippen LogP contribution in [0.15, 0.2) is 72.8 Å². The maximum atomic E-state index is 14.2. The van der Waals surface area contributed by atoms with Crippen LogP contribution in [-0.4, -0.2) is 168 Å². The number of nitrogens with zero attached hydrogens (tertiary/aromatic N) is 3. The summed E-state index contributed by atoms with van der Waals surface area (Å²) in [6.45, 7) is 15.5. The molecule has 2 heterocycles. The molecule has 2 unspecified atom stereocenters. The number of aliphatic hydroxyl groups excluding tert-OH is 1. The Kier molecular flexibility index (Phi) is 22.6. The minimum atomic E-state index is -1.23. The number of hydrogen-bond acceptors (Lipinski definition) is 13. The van der Waals surface area contributed by atoms with Gasteiger partial charge in [0.25, 0.3) is 5.91 Å². The number of aliphatic hydroxyl groups is 1. The van der Waals surface area contributed by atoms with Crippen LogP contribution in [-0.2, 0) is 38.6 Å². The number of rotatable bonds is 26. The monoisotopic (exact) mass is 962 g/mol. The van der Waals surface area contributed by atoms with E-state index in [0.29, 0.717) is 69.9 Å². The van der Waals surface area contributed by atoms with Gasteiger partial charge in [-0.2, -0.15) is 0 Å². The van der Waals surface area contributed by atoms with E-state index in [1.165, 1.54) is 0 Å². The molecule has 0 aromatic heterocycles. The predicted octanol–water partition coefficient (Wildman–Crippen LogP) is 2.52. The lowest BCUT2D eigenvalue weighted by molar-refractivity contribution is -0.131. The average Bonchev–Trinajstić information content (AvgIpc) is 3.35. The molecule has 0 aliphatic carbocycles. The second kappa shape index (κ2) is 28.7. The van der Waals surface area contributed by atoms with Crippen LogP contribution >= 0.6 is 0 Å². The summed E-state index contributed by atoms with van der Waals surface area (Å²) in [6.07, 6.45) is -0.985. The topological polar surface area (TPSA) is 217 Å². The van der Waals surface area contributed by atoms with Gasteiger partial charge in [-0.25, -0.2) is 14.6 Å². The molecule has 19 heteroatoms. The van der Waals surface area contributed by atoms with Crippen LogP contribution in [0.25, 0.3) is 0 Å². The highest BCUT2D eigenvalue weighted by atomic mass is 16.5. The largest absolute Gasteiger partial charge is 0.493 e. The summed E-state index contributed by atoms with van der Waals surface area (Å²) in [4.78, 5) is 59.0. The van der Waals surface area contributed by atoms with E-state index in [2.05, 4.69) is 41.8 Å². The van der Waals surface area contributed by atoms with Crippen molar-refractivity contribution in [1.82, 2.24) is 46.8 Å². The molecule has 0 radical (unpaired) electrons. The Hall–Kier alpha value is -5.70. The molecule has 3 aromatic carbocycles. The van der Waals surface area contributed by atoms with Crippen molar-refractivity contribution in [2.75, 3.05) is 99.5 Å². The quantitative estimate of drug-likeness (QED) is 0.0577. The van der Waals surface area contributed by atoms with Crippen molar-refractivity contribution < 1.29 is 48.0 Å². The fraction of sp³-hybridized carbons (Fsp3) is 0.560. The van der Waals surface area contributed by atoms with Crippen molar-refractivity contribution in [2.24, 2.45) is 11.8 Å². The molecule has 6 amide bonds. The fourth-order valence-electron chi connectivity index (χ4n) is 7.96. The van der Waals surface area contributed by atoms with Crippen molar-refractivity contribution in [3.8, 4) is 17.2 Å². The molecular formula is C50H75N9O10. The Balaban J connectivity index is 1.30. The molecule has 2 fully saturated rings. The number of methoxy groups -OCH3 is 2. The predicted molar refractivity (Wildman–Crippen MR) is 262 cm³/mol. The Labute approximate surface area is 407 Å². The first kappa shape index (κ1) is 54.2. The lowest BCUT2D eigenvalue weighted by Crippen LogP contribution is -2.60. The summed E-state index contributed by atoms with van der Waals surface area (Å²) in [5.41, 5.74) is 5.51. The number of benzene rings is 3. The van der Waals surface area contributed by atoms with Crippen LogP contribution in [0.2, 0.25) is 0 Å². The minimum Gasteiger partial charge on any atom is -0.493 e. The maximum Gasteiger partial charge on any atom is 0.315 e. The lowest BCUT2D eigenvalue weighted by Gasteiger charge is -2.33. The molecule has 19 nitrogen and oxygen atoms in total. The van der Waals surface area contributed by atoms with Gasteiger partial charge in [-0.15, -0.1) is 0 Å². The summed E-state index contributed by atoms with van der Waals surface area (Å²) in [5.74, 6) is 0.287. The van der Waals surface area contributed by atoms with Crippen LogP contribution in [0.3, 0.4) is 0 Å². The first-order valence-electron chi connectivity index (χ1n) is 24.0. The molecule has 4 atom stereocenters. The number of hydrogen-bond donors (Lipinski definition) is 7. The maximum absolute atomic E-state index is 14.2. The third-order valence-corrected chi connectivity index (χ3v) is 12.0. The molecule has 5 rings (SSSR count). The van der Waals surface area contributed by atoms with E-state index < -0.39 is 48.1 Å². The zero-order chi connectivity index (χ0) is 49.5. The lowest BCUT2D eigenvalue weighted by atomic mass is 9.98. The molecule has 0 bridgehead atoms. The first-order valence-corrected chi connectivity index (χ1v) is 24.0. The van der Waals surface area contributed by atoms with Gasteiger partial charge in [-0.05, 0) is 59.2 Å². The number of urea groups is 2. The molecule has 69 heavy (non-hydrogen) atoms. The van der Waals surface area contributed by atoms with Crippen LogP contribution in [0.4, 0.5) is 9.59 Å². The fourth-order valence-corrected chi connectivity index (χ4v) is 7.96. The van der Waals surface area contributed by atoms with E-state index in [9.17, 15) is 24.3 Å². The number of amides is 6. The standard InChI is InChI=1S/C50H75N9O10/c1-35(2)45(54-49(63)51-18-20-57-22-26-67-27-23-57)47(61)53-41(30-37-10-8-7-9-11-37)42(60)33-59(56-48(62)46(36(3)4)55-50(64)52-19-21-58-24-28-68-29-25-58)32-38-12-15-40(16-13-38)69-34-39-14-17-43(65-5)44(31-39)66-6/h7-17,31,35-36,41-42,45-46,60H,18-30,32-34H2,1-6H3,(H,53,61)(H,56,62)(H2,51,54,63)(H2,52,55,64)/t41?,42?,45-,46-/m0/s1. The van der Waals surface area contributed by atoms with E-state index in [1.54, 1.807) is 19.2 Å². The smallest absolute Gasteiger partial charge is 0.315 e. The zero-order valence-electron chi connectivity index (χ0n) is 41.2. The number of carbonyl (C=O) groups excluding carboxylic acids is 4. The SMILES string of the molecule is COc1ccc(COc2ccc(CN(CC(O)C(Cc3ccccc3)NC(=O)[C@@H](NC(=O)NCCN3CCOCC3)C(C)C)NC(=O)[C@@H](NC(=O)NCCN3CCOCC3)C(C)C)cc2)cc1OC. The van der Waals surface area contributed by atoms with Gasteiger partial charge in [0.1, 0.15) is 24.4 Å². The summed E-state index contributed by atoms with van der Waals surface area (Å²) in [7, 11) is 3.16. The van der Waals surface area contributed by atoms with E-state index >= 15 is 0 Å². The van der Waals surface area contributed by atoms with Crippen LogP contribution in [0, 0.1) is 11.8 Å². The van der Waals surface area contributed by atoms with E-state index in [-0.39, 0.29) is 38.0 Å². The molecule has 7 N–H and O–H groups in total. The Morgan fingerprint density at radius 2 is 1.20 bits per heavy atom. The highest BCUT2D eigenvalue weighted by molar-refractivity contribution is 5.88. The minimum absolute atomic E-state index is 0.126. The molecule has 380 valence electrons. The molecule has 0 spiro atoms. The van der Waals surface area contributed by atoms with Crippen molar-refractivity contribution in [2.45, 2.75) is 71.5 Å². The van der Waals surface area contributed by atoms with Gasteiger partial charge in [0.2, 0.25) is 5.91 Å². The number of morpholine rings is 2. The van der Waals surface area contributed by atoms with Gasteiger partial charge in [0.15, 0.2) is 11.5 Å². The molecule has 0 saturated carbocycles. The van der Waals surface area contributed by atoms with Gasteiger partial charge in [-0.1, -0.05) is 76.2 Å². The van der Waals surface area contributed by atoms with Gasteiger partial charge < -0.3 is 55.4 Å². The highest BCUT2D eigenvalue weighted by Gasteiger charge is 2.32. The third-order valence-electron chi connectivity index (χ3n) is 12.0. The highest BCUT2D eigenvalue weighted by Crippen LogP contribution is 2.28. The number of carbonyl (C=O) groups is 4. The molecular weight excluding hydrogens is 887 g/mol. The molecule has 2 saturated heterocycles. The first-order chi connectivity index (χ1) is 33.3. The van der Waals surface area contributed by atoms with Crippen LogP contribution in [0.5, 0.6) is 17.2 Å². The Morgan fingerprint density at radius 1 is 0.667 bits per heavy atom. The average molecular weight is 962 g/mol. The van der Waals surface area contributed by atoms with Gasteiger partial charge in [0.05, 0.1) is 52.8 Å². The molecule has 3 aromatic rings. The van der Waals surface area contributed by atoms with Gasteiger partial charge in [-0.3, -0.25) is 24.8 Å². The normalized spacial score (nSPS) is 16.2. The second-order valence-electron chi connectivity index (χ2n) is 18.0. The van der Waals surface area contributed by atoms with Gasteiger partial charge in [0, 0.05) is 65.4 Å². The molecule has 2 aliphatic rings. The molecule has 2 aliphatic heterocycles. The summed E-state index contributed by atoms with van der Waals surface area (Å²) in [5, 5.41) is 28.2. The Bertz CT molecular complexity index is 2020. The number of hydrazine groups is 1. The van der Waals surface area contributed by atoms with Gasteiger partial charge >= 0.3 is 12.1 Å². The van der Waals surface area contributed by atoms with Crippen molar-refractivity contribution >= 4 is 23.9 Å². The second-order valence-corrected chi connectivity index (χ2v) is 18.0. The Morgan fingerprint density at radius 3 is 1.74 bits per heavy atom. The number of nitrogens with one attached hydrogen (secondary N) is 6. The van der Waals surface area contributed by atoms with Crippen molar-refractivity contribution in [3.63, 3.8) is 0 Å².